The molecule has 1 aliphatic heterocycles. The molecule has 1 aliphatic rings. The standard InChI is InChI=1S/C29H22Si/c1-21-16-18-26-28(20-21)30(23-11-4-2-5-12-23,24-13-6-3-7-14-24)27-19-17-22-10-8-9-15-25(22)29(26)27/h2-20H,1H3. The van der Waals surface area contributed by atoms with Crippen molar-refractivity contribution < 1.29 is 0 Å². The summed E-state index contributed by atoms with van der Waals surface area (Å²) in [7, 11) is -2.37. The summed E-state index contributed by atoms with van der Waals surface area (Å²) in [6.45, 7) is 2.22. The molecule has 5 aromatic rings. The number of aryl methyl sites for hydroxylation is 1. The highest BCUT2D eigenvalue weighted by Crippen LogP contribution is 2.34. The minimum absolute atomic E-state index is 1.31. The quantitative estimate of drug-likeness (QED) is 0.377. The normalized spacial score (nSPS) is 13.8. The van der Waals surface area contributed by atoms with Crippen LogP contribution in [0.2, 0.25) is 0 Å². The van der Waals surface area contributed by atoms with Crippen molar-refractivity contribution in [3.8, 4) is 11.1 Å². The maximum absolute atomic E-state index is 2.45. The van der Waals surface area contributed by atoms with Gasteiger partial charge >= 0.3 is 0 Å². The highest BCUT2D eigenvalue weighted by molar-refractivity contribution is 7.22. The molecule has 0 bridgehead atoms. The molecule has 0 spiro atoms. The van der Waals surface area contributed by atoms with Crippen molar-refractivity contribution in [3.05, 3.63) is 121 Å². The molecular weight excluding hydrogens is 376 g/mol. The molecule has 0 amide bonds. The molecule has 1 heteroatoms. The lowest BCUT2D eigenvalue weighted by molar-refractivity contribution is 1.49. The molecule has 30 heavy (non-hydrogen) atoms. The van der Waals surface area contributed by atoms with Gasteiger partial charge in [0.25, 0.3) is 0 Å². The van der Waals surface area contributed by atoms with Crippen LogP contribution in [0.4, 0.5) is 0 Å². The smallest absolute Gasteiger partial charge is 0.0623 e. The summed E-state index contributed by atoms with van der Waals surface area (Å²) >= 11 is 0. The van der Waals surface area contributed by atoms with Gasteiger partial charge in [0.1, 0.15) is 0 Å². The Kier molecular flexibility index (Phi) is 3.81. The molecule has 0 atom stereocenters. The van der Waals surface area contributed by atoms with E-state index in [1.807, 2.05) is 0 Å². The molecule has 0 saturated carbocycles. The second-order valence-corrected chi connectivity index (χ2v) is 12.0. The Hall–Kier alpha value is -3.42. The van der Waals surface area contributed by atoms with Crippen molar-refractivity contribution in [2.45, 2.75) is 6.92 Å². The average Bonchev–Trinajstić information content (AvgIpc) is 3.11. The van der Waals surface area contributed by atoms with E-state index >= 15 is 0 Å². The van der Waals surface area contributed by atoms with Crippen molar-refractivity contribution >= 4 is 39.6 Å². The van der Waals surface area contributed by atoms with Crippen LogP contribution >= 0.6 is 0 Å². The Labute approximate surface area is 178 Å². The van der Waals surface area contributed by atoms with Crippen LogP contribution in [-0.4, -0.2) is 8.07 Å². The molecule has 0 nitrogen and oxygen atoms in total. The molecule has 0 radical (unpaired) electrons. The SMILES string of the molecule is Cc1ccc2c(c1)[Si](c1ccccc1)(c1ccccc1)c1ccc3ccccc3c1-2. The van der Waals surface area contributed by atoms with Crippen molar-refractivity contribution in [2.75, 3.05) is 0 Å². The maximum atomic E-state index is 2.45. The fraction of sp³-hybridized carbons (Fsp3) is 0.0345. The summed E-state index contributed by atoms with van der Waals surface area (Å²) in [5, 5.41) is 8.62. The van der Waals surface area contributed by atoms with E-state index in [1.54, 1.807) is 0 Å². The lowest BCUT2D eigenvalue weighted by Gasteiger charge is -2.31. The first kappa shape index (κ1) is 17.4. The van der Waals surface area contributed by atoms with E-state index in [1.165, 1.54) is 48.2 Å². The summed E-state index contributed by atoms with van der Waals surface area (Å²) in [6, 6.07) is 43.1. The van der Waals surface area contributed by atoms with E-state index in [4.69, 9.17) is 0 Å². The zero-order valence-corrected chi connectivity index (χ0v) is 18.0. The number of hydrogen-bond acceptors (Lipinski definition) is 0. The zero-order valence-electron chi connectivity index (χ0n) is 17.0. The van der Waals surface area contributed by atoms with Crippen LogP contribution in [0.3, 0.4) is 0 Å². The van der Waals surface area contributed by atoms with Gasteiger partial charge in [-0.1, -0.05) is 121 Å². The Morgan fingerprint density at radius 1 is 0.533 bits per heavy atom. The summed E-state index contributed by atoms with van der Waals surface area (Å²) in [4.78, 5) is 0. The Balaban J connectivity index is 1.86. The minimum Gasteiger partial charge on any atom is -0.0623 e. The minimum atomic E-state index is -2.37. The molecule has 0 N–H and O–H groups in total. The molecule has 0 fully saturated rings. The first-order valence-corrected chi connectivity index (χ1v) is 12.5. The highest BCUT2D eigenvalue weighted by atomic mass is 28.3. The van der Waals surface area contributed by atoms with Crippen LogP contribution in [0.5, 0.6) is 0 Å². The van der Waals surface area contributed by atoms with E-state index in [9.17, 15) is 0 Å². The van der Waals surface area contributed by atoms with Gasteiger partial charge in [0.05, 0.1) is 0 Å². The number of benzene rings is 5. The lowest BCUT2D eigenvalue weighted by atomic mass is 9.98. The molecule has 142 valence electrons. The van der Waals surface area contributed by atoms with Crippen LogP contribution in [0.1, 0.15) is 5.56 Å². The van der Waals surface area contributed by atoms with Crippen molar-refractivity contribution in [3.63, 3.8) is 0 Å². The van der Waals surface area contributed by atoms with Crippen LogP contribution < -0.4 is 20.7 Å². The Morgan fingerprint density at radius 2 is 1.17 bits per heavy atom. The van der Waals surface area contributed by atoms with Gasteiger partial charge in [0.15, 0.2) is 8.07 Å². The highest BCUT2D eigenvalue weighted by Gasteiger charge is 2.48. The van der Waals surface area contributed by atoms with E-state index in [2.05, 4.69) is 122 Å². The number of hydrogen-bond donors (Lipinski definition) is 0. The largest absolute Gasteiger partial charge is 0.180 e. The van der Waals surface area contributed by atoms with Crippen LogP contribution in [0, 0.1) is 6.92 Å². The van der Waals surface area contributed by atoms with Gasteiger partial charge in [0.2, 0.25) is 0 Å². The third-order valence-electron chi connectivity index (χ3n) is 6.60. The van der Waals surface area contributed by atoms with Crippen molar-refractivity contribution in [2.24, 2.45) is 0 Å². The van der Waals surface area contributed by atoms with Gasteiger partial charge in [-0.05, 0) is 49.6 Å². The van der Waals surface area contributed by atoms with E-state index in [0.29, 0.717) is 0 Å². The molecule has 0 unspecified atom stereocenters. The molecule has 0 aliphatic carbocycles. The summed E-state index contributed by atoms with van der Waals surface area (Å²) in [5.41, 5.74) is 4.17. The molecular formula is C29H22Si. The molecule has 0 aromatic heterocycles. The predicted octanol–water partition coefficient (Wildman–Crippen LogP) is 4.51. The molecule has 1 heterocycles. The topological polar surface area (TPSA) is 0 Å². The summed E-state index contributed by atoms with van der Waals surface area (Å²) < 4.78 is 0. The second kappa shape index (κ2) is 6.55. The van der Waals surface area contributed by atoms with Gasteiger partial charge in [-0.15, -0.1) is 0 Å². The van der Waals surface area contributed by atoms with Crippen LogP contribution in [0.15, 0.2) is 115 Å². The van der Waals surface area contributed by atoms with E-state index in [-0.39, 0.29) is 0 Å². The summed E-state index contributed by atoms with van der Waals surface area (Å²) in [5.74, 6) is 0. The third-order valence-corrected chi connectivity index (χ3v) is 11.4. The van der Waals surface area contributed by atoms with E-state index < -0.39 is 8.07 Å². The van der Waals surface area contributed by atoms with Crippen LogP contribution in [0.25, 0.3) is 21.9 Å². The zero-order chi connectivity index (χ0) is 20.1. The monoisotopic (exact) mass is 398 g/mol. The lowest BCUT2D eigenvalue weighted by Crippen LogP contribution is -2.72. The average molecular weight is 399 g/mol. The van der Waals surface area contributed by atoms with Gasteiger partial charge < -0.3 is 0 Å². The molecule has 5 aromatic carbocycles. The maximum Gasteiger partial charge on any atom is 0.180 e. The van der Waals surface area contributed by atoms with E-state index in [0.717, 1.165) is 0 Å². The molecule has 6 rings (SSSR count). The van der Waals surface area contributed by atoms with Gasteiger partial charge in [0, 0.05) is 0 Å². The second-order valence-electron chi connectivity index (χ2n) is 8.24. The fourth-order valence-corrected chi connectivity index (χ4v) is 10.7. The fourth-order valence-electron chi connectivity index (χ4n) is 5.37. The Bertz CT molecular complexity index is 1350. The van der Waals surface area contributed by atoms with Crippen molar-refractivity contribution in [1.82, 2.24) is 0 Å². The van der Waals surface area contributed by atoms with Gasteiger partial charge in [-0.25, -0.2) is 0 Å². The third kappa shape index (κ3) is 2.27. The summed E-state index contributed by atoms with van der Waals surface area (Å²) in [6.07, 6.45) is 0. The molecule has 0 saturated heterocycles. The number of rotatable bonds is 2. The van der Waals surface area contributed by atoms with Gasteiger partial charge in [-0.2, -0.15) is 0 Å². The van der Waals surface area contributed by atoms with Gasteiger partial charge in [-0.3, -0.25) is 0 Å². The number of fused-ring (bicyclic) bond motifs is 5. The first-order chi connectivity index (χ1) is 14.8. The Morgan fingerprint density at radius 3 is 1.87 bits per heavy atom. The predicted molar refractivity (Wildman–Crippen MR) is 131 cm³/mol. The van der Waals surface area contributed by atoms with Crippen LogP contribution in [-0.2, 0) is 0 Å². The first-order valence-electron chi connectivity index (χ1n) is 10.5. The van der Waals surface area contributed by atoms with Crippen molar-refractivity contribution in [1.29, 1.82) is 0 Å².